The maximum absolute atomic E-state index is 12.8. The first kappa shape index (κ1) is 20.8. The maximum atomic E-state index is 12.8. The Balaban J connectivity index is 1.73. The highest BCUT2D eigenvalue weighted by molar-refractivity contribution is 6.07. The van der Waals surface area contributed by atoms with Gasteiger partial charge in [0.25, 0.3) is 11.8 Å². The van der Waals surface area contributed by atoms with E-state index in [-0.39, 0.29) is 17.6 Å². The number of carbonyl (C=O) groups excluding carboxylic acids is 2. The van der Waals surface area contributed by atoms with Gasteiger partial charge in [-0.3, -0.25) is 9.59 Å². The van der Waals surface area contributed by atoms with E-state index in [1.807, 2.05) is 31.2 Å². The number of methoxy groups -OCH3 is 2. The third-order valence-electron chi connectivity index (χ3n) is 4.46. The Hall–Kier alpha value is -3.94. The van der Waals surface area contributed by atoms with E-state index in [0.29, 0.717) is 11.3 Å². The summed E-state index contributed by atoms with van der Waals surface area (Å²) >= 11 is 0. The van der Waals surface area contributed by atoms with Crippen LogP contribution in [0.4, 0.5) is 5.82 Å². The van der Waals surface area contributed by atoms with Crippen molar-refractivity contribution in [1.29, 1.82) is 0 Å². The predicted molar refractivity (Wildman–Crippen MR) is 112 cm³/mol. The van der Waals surface area contributed by atoms with Crippen molar-refractivity contribution >= 4 is 17.6 Å². The predicted octanol–water partition coefficient (Wildman–Crippen LogP) is 3.24. The number of aromatic nitrogens is 2. The van der Waals surface area contributed by atoms with Gasteiger partial charge in [-0.25, -0.2) is 9.97 Å². The second kappa shape index (κ2) is 9.51. The fraction of sp³-hybridized carbons (Fsp3) is 0.182. The van der Waals surface area contributed by atoms with E-state index in [1.54, 1.807) is 38.5 Å². The van der Waals surface area contributed by atoms with Gasteiger partial charge in [0.1, 0.15) is 11.5 Å². The first-order valence-corrected chi connectivity index (χ1v) is 9.23. The molecule has 8 nitrogen and oxygen atoms in total. The standard InChI is InChI=1S/C22H22N4O4/c1-14(15-4-8-17(29-2)9-5-15)25-22(28)19-20(24-13-12-23-19)26-21(27)16-6-10-18(30-3)11-7-16/h4-14H,1-3H3,(H,25,28)(H,24,26,27)/t14-/m1/s1. The molecule has 0 spiro atoms. The first-order valence-electron chi connectivity index (χ1n) is 9.23. The molecule has 1 heterocycles. The minimum atomic E-state index is -0.448. The summed E-state index contributed by atoms with van der Waals surface area (Å²) in [6, 6.07) is 13.7. The molecule has 2 aromatic carbocycles. The maximum Gasteiger partial charge on any atom is 0.274 e. The number of nitrogens with one attached hydrogen (secondary N) is 2. The number of amides is 2. The molecule has 3 aromatic rings. The number of anilines is 1. The smallest absolute Gasteiger partial charge is 0.274 e. The van der Waals surface area contributed by atoms with Gasteiger partial charge in [-0.15, -0.1) is 0 Å². The first-order chi connectivity index (χ1) is 14.5. The molecule has 0 aliphatic rings. The highest BCUT2D eigenvalue weighted by Crippen LogP contribution is 2.19. The van der Waals surface area contributed by atoms with Crippen LogP contribution in [-0.4, -0.2) is 36.0 Å². The molecule has 0 bridgehead atoms. The van der Waals surface area contributed by atoms with Gasteiger partial charge in [0.2, 0.25) is 0 Å². The van der Waals surface area contributed by atoms with Gasteiger partial charge in [-0.05, 0) is 48.9 Å². The van der Waals surface area contributed by atoms with Crippen LogP contribution in [0, 0.1) is 0 Å². The van der Waals surface area contributed by atoms with Gasteiger partial charge in [0, 0.05) is 18.0 Å². The topological polar surface area (TPSA) is 102 Å². The fourth-order valence-corrected chi connectivity index (χ4v) is 2.76. The Bertz CT molecular complexity index is 1020. The lowest BCUT2D eigenvalue weighted by Crippen LogP contribution is -2.29. The van der Waals surface area contributed by atoms with Crippen LogP contribution in [0.5, 0.6) is 11.5 Å². The summed E-state index contributed by atoms with van der Waals surface area (Å²) in [5.74, 6) is 0.595. The average molecular weight is 406 g/mol. The van der Waals surface area contributed by atoms with E-state index in [1.165, 1.54) is 12.4 Å². The van der Waals surface area contributed by atoms with Crippen molar-refractivity contribution in [3.8, 4) is 11.5 Å². The summed E-state index contributed by atoms with van der Waals surface area (Å²) in [6.45, 7) is 1.85. The van der Waals surface area contributed by atoms with Crippen LogP contribution in [0.3, 0.4) is 0 Å². The zero-order chi connectivity index (χ0) is 21.5. The van der Waals surface area contributed by atoms with Crippen molar-refractivity contribution < 1.29 is 19.1 Å². The second-order valence-electron chi connectivity index (χ2n) is 6.40. The summed E-state index contributed by atoms with van der Waals surface area (Å²) in [5.41, 5.74) is 1.33. The van der Waals surface area contributed by atoms with Crippen LogP contribution >= 0.6 is 0 Å². The molecule has 3 rings (SSSR count). The van der Waals surface area contributed by atoms with Gasteiger partial charge in [-0.1, -0.05) is 12.1 Å². The highest BCUT2D eigenvalue weighted by atomic mass is 16.5. The normalized spacial score (nSPS) is 11.3. The van der Waals surface area contributed by atoms with Crippen LogP contribution in [0.2, 0.25) is 0 Å². The summed E-state index contributed by atoms with van der Waals surface area (Å²) in [7, 11) is 3.14. The van der Waals surface area contributed by atoms with E-state index in [4.69, 9.17) is 9.47 Å². The number of hydrogen-bond donors (Lipinski definition) is 2. The Morgan fingerprint density at radius 1 is 0.833 bits per heavy atom. The monoisotopic (exact) mass is 406 g/mol. The van der Waals surface area contributed by atoms with E-state index in [2.05, 4.69) is 20.6 Å². The third-order valence-corrected chi connectivity index (χ3v) is 4.46. The SMILES string of the molecule is COc1ccc(C(=O)Nc2nccnc2C(=O)N[C@H](C)c2ccc(OC)cc2)cc1. The van der Waals surface area contributed by atoms with E-state index in [9.17, 15) is 9.59 Å². The largest absolute Gasteiger partial charge is 0.497 e. The van der Waals surface area contributed by atoms with E-state index in [0.717, 1.165) is 11.3 Å². The zero-order valence-electron chi connectivity index (χ0n) is 16.9. The lowest BCUT2D eigenvalue weighted by Gasteiger charge is -2.15. The van der Waals surface area contributed by atoms with Gasteiger partial charge >= 0.3 is 0 Å². The number of benzene rings is 2. The molecule has 1 aromatic heterocycles. The van der Waals surface area contributed by atoms with Crippen molar-refractivity contribution in [2.75, 3.05) is 19.5 Å². The molecule has 0 aliphatic heterocycles. The third kappa shape index (κ3) is 4.91. The van der Waals surface area contributed by atoms with Crippen LogP contribution in [0.15, 0.2) is 60.9 Å². The van der Waals surface area contributed by atoms with Crippen LogP contribution in [-0.2, 0) is 0 Å². The lowest BCUT2D eigenvalue weighted by atomic mass is 10.1. The summed E-state index contributed by atoms with van der Waals surface area (Å²) in [6.07, 6.45) is 2.81. The number of hydrogen-bond acceptors (Lipinski definition) is 6. The Morgan fingerprint density at radius 3 is 2.00 bits per heavy atom. The summed E-state index contributed by atoms with van der Waals surface area (Å²) in [5, 5.41) is 5.51. The highest BCUT2D eigenvalue weighted by Gasteiger charge is 2.19. The number of carbonyl (C=O) groups is 2. The molecule has 2 amide bonds. The molecule has 2 N–H and O–H groups in total. The van der Waals surface area contributed by atoms with Crippen molar-refractivity contribution in [3.63, 3.8) is 0 Å². The summed E-state index contributed by atoms with van der Waals surface area (Å²) in [4.78, 5) is 33.5. The molecule has 0 fully saturated rings. The van der Waals surface area contributed by atoms with E-state index >= 15 is 0 Å². The minimum Gasteiger partial charge on any atom is -0.497 e. The van der Waals surface area contributed by atoms with Gasteiger partial charge in [0.05, 0.1) is 20.3 Å². The van der Waals surface area contributed by atoms with Crippen LogP contribution < -0.4 is 20.1 Å². The molecule has 0 saturated carbocycles. The molecule has 0 unspecified atom stereocenters. The zero-order valence-corrected chi connectivity index (χ0v) is 16.9. The van der Waals surface area contributed by atoms with Crippen molar-refractivity contribution in [3.05, 3.63) is 77.7 Å². The molecule has 154 valence electrons. The lowest BCUT2D eigenvalue weighted by molar-refractivity contribution is 0.0935. The number of ether oxygens (including phenoxy) is 2. The molecule has 8 heteroatoms. The van der Waals surface area contributed by atoms with Gasteiger partial charge in [-0.2, -0.15) is 0 Å². The summed E-state index contributed by atoms with van der Waals surface area (Å²) < 4.78 is 10.2. The Morgan fingerprint density at radius 2 is 1.40 bits per heavy atom. The van der Waals surface area contributed by atoms with Crippen LogP contribution in [0.1, 0.15) is 39.4 Å². The van der Waals surface area contributed by atoms with Crippen molar-refractivity contribution in [2.45, 2.75) is 13.0 Å². The van der Waals surface area contributed by atoms with Crippen LogP contribution in [0.25, 0.3) is 0 Å². The molecular formula is C22H22N4O4. The fourth-order valence-electron chi connectivity index (χ4n) is 2.76. The van der Waals surface area contributed by atoms with Gasteiger partial charge < -0.3 is 20.1 Å². The molecule has 0 aliphatic carbocycles. The molecule has 0 saturated heterocycles. The van der Waals surface area contributed by atoms with E-state index < -0.39 is 11.8 Å². The average Bonchev–Trinajstić information content (AvgIpc) is 2.79. The minimum absolute atomic E-state index is 0.0275. The molecular weight excluding hydrogens is 384 g/mol. The molecule has 30 heavy (non-hydrogen) atoms. The van der Waals surface area contributed by atoms with Crippen molar-refractivity contribution in [1.82, 2.24) is 15.3 Å². The van der Waals surface area contributed by atoms with Gasteiger partial charge in [0.15, 0.2) is 11.5 Å². The second-order valence-corrected chi connectivity index (χ2v) is 6.40. The Kier molecular flexibility index (Phi) is 6.59. The number of rotatable bonds is 7. The van der Waals surface area contributed by atoms with Crippen molar-refractivity contribution in [2.24, 2.45) is 0 Å². The number of nitrogens with zero attached hydrogens (tertiary/aromatic N) is 2. The Labute approximate surface area is 174 Å². The quantitative estimate of drug-likeness (QED) is 0.625. The molecule has 0 radical (unpaired) electrons. The molecule has 1 atom stereocenters.